The van der Waals surface area contributed by atoms with E-state index in [-0.39, 0.29) is 39.6 Å². The van der Waals surface area contributed by atoms with Crippen molar-refractivity contribution in [3.63, 3.8) is 0 Å². The first-order valence-corrected chi connectivity index (χ1v) is 11.4. The van der Waals surface area contributed by atoms with E-state index in [1.165, 1.54) is 61.1 Å². The lowest BCUT2D eigenvalue weighted by Gasteiger charge is -2.36. The number of ether oxygens (including phenoxy) is 2. The number of aromatic carboxylic acids is 1. The predicted molar refractivity (Wildman–Crippen MR) is 129 cm³/mol. The van der Waals surface area contributed by atoms with E-state index in [0.717, 1.165) is 6.20 Å². The molecule has 0 spiro atoms. The van der Waals surface area contributed by atoms with Gasteiger partial charge in [0, 0.05) is 28.3 Å². The van der Waals surface area contributed by atoms with Crippen LogP contribution in [0.1, 0.15) is 39.9 Å². The van der Waals surface area contributed by atoms with E-state index in [1.807, 2.05) is 0 Å². The maximum atomic E-state index is 14.4. The molecule has 4 aromatic rings. The summed E-state index contributed by atoms with van der Waals surface area (Å²) < 4.78 is 55.4. The zero-order valence-corrected chi connectivity index (χ0v) is 20.4. The molecule has 0 bridgehead atoms. The molecular formula is C26H22ClF3N2O5. The van der Waals surface area contributed by atoms with Crippen LogP contribution in [-0.4, -0.2) is 39.1 Å². The van der Waals surface area contributed by atoms with E-state index >= 15 is 0 Å². The Morgan fingerprint density at radius 1 is 1.16 bits per heavy atom. The Balaban J connectivity index is 1.62. The lowest BCUT2D eigenvalue weighted by atomic mass is 9.78. The van der Waals surface area contributed by atoms with Crippen LogP contribution in [0.5, 0.6) is 11.5 Å². The molecule has 2 heterocycles. The second-order valence-corrected chi connectivity index (χ2v) is 8.79. The molecule has 194 valence electrons. The van der Waals surface area contributed by atoms with Gasteiger partial charge in [-0.2, -0.15) is 18.3 Å². The number of nitrogens with zero attached hydrogens (tertiary/aromatic N) is 2. The second-order valence-electron chi connectivity index (χ2n) is 8.38. The highest BCUT2D eigenvalue weighted by Gasteiger charge is 2.60. The molecule has 0 aliphatic heterocycles. The highest BCUT2D eigenvalue weighted by molar-refractivity contribution is 6.31. The number of carboxylic acid groups (broad SMARTS) is 1. The largest absolute Gasteiger partial charge is 0.496 e. The monoisotopic (exact) mass is 534 g/mol. The van der Waals surface area contributed by atoms with Crippen LogP contribution < -0.4 is 9.47 Å². The molecule has 2 aromatic heterocycles. The summed E-state index contributed by atoms with van der Waals surface area (Å²) in [5, 5.41) is 24.2. The van der Waals surface area contributed by atoms with Gasteiger partial charge in [-0.25, -0.2) is 9.31 Å². The highest BCUT2D eigenvalue weighted by atomic mass is 35.5. The van der Waals surface area contributed by atoms with E-state index in [0.29, 0.717) is 11.3 Å². The SMILES string of the molecule is COc1cc(C(=O)O)ccc1COc1ccc(C(C)C(O)(c2cnn3ccccc23)C(F)(F)F)c(Cl)c1. The number of aliphatic hydroxyl groups is 1. The molecule has 0 saturated carbocycles. The number of alkyl halides is 3. The molecule has 0 fully saturated rings. The van der Waals surface area contributed by atoms with E-state index < -0.39 is 23.7 Å². The van der Waals surface area contributed by atoms with Crippen molar-refractivity contribution in [2.75, 3.05) is 7.11 Å². The average molecular weight is 535 g/mol. The number of benzene rings is 2. The van der Waals surface area contributed by atoms with Crippen molar-refractivity contribution in [2.24, 2.45) is 0 Å². The summed E-state index contributed by atoms with van der Waals surface area (Å²) >= 11 is 6.39. The minimum Gasteiger partial charge on any atom is -0.496 e. The van der Waals surface area contributed by atoms with Gasteiger partial charge in [-0.1, -0.05) is 36.7 Å². The number of halogens is 4. The van der Waals surface area contributed by atoms with Crippen LogP contribution in [0.2, 0.25) is 5.02 Å². The van der Waals surface area contributed by atoms with Crippen LogP contribution in [0.4, 0.5) is 13.2 Å². The normalized spacial score (nSPS) is 14.2. The standard InChI is InChI=1S/C26H22ClF3N2O5/c1-15(25(35,26(28,29)30)20-13-31-32-10-4-3-5-22(20)32)19-9-8-18(12-21(19)27)37-14-17-7-6-16(24(33)34)11-23(17)36-2/h3-13,15,35H,14H2,1-2H3,(H,33,34). The van der Waals surface area contributed by atoms with Crippen LogP contribution in [0.15, 0.2) is 67.0 Å². The third-order valence-corrected chi connectivity index (χ3v) is 6.59. The van der Waals surface area contributed by atoms with E-state index in [9.17, 15) is 23.1 Å². The number of methoxy groups -OCH3 is 1. The van der Waals surface area contributed by atoms with Crippen LogP contribution in [0.25, 0.3) is 5.52 Å². The first-order valence-electron chi connectivity index (χ1n) is 11.0. The lowest BCUT2D eigenvalue weighted by Crippen LogP contribution is -2.46. The Kier molecular flexibility index (Phi) is 7.07. The lowest BCUT2D eigenvalue weighted by molar-refractivity contribution is -0.274. The summed E-state index contributed by atoms with van der Waals surface area (Å²) in [5.74, 6) is -2.03. The minimum absolute atomic E-state index is 0.0107. The summed E-state index contributed by atoms with van der Waals surface area (Å²) in [6, 6.07) is 13.1. The van der Waals surface area contributed by atoms with Gasteiger partial charge < -0.3 is 19.7 Å². The van der Waals surface area contributed by atoms with E-state index in [2.05, 4.69) is 5.10 Å². The molecule has 0 aliphatic carbocycles. The van der Waals surface area contributed by atoms with Crippen molar-refractivity contribution in [3.8, 4) is 11.5 Å². The van der Waals surface area contributed by atoms with Gasteiger partial charge in [0.05, 0.1) is 24.4 Å². The van der Waals surface area contributed by atoms with Crippen LogP contribution in [-0.2, 0) is 12.2 Å². The molecule has 2 aromatic carbocycles. The Hall–Kier alpha value is -3.76. The number of pyridine rings is 1. The van der Waals surface area contributed by atoms with Gasteiger partial charge in [0.2, 0.25) is 0 Å². The molecular weight excluding hydrogens is 513 g/mol. The van der Waals surface area contributed by atoms with Crippen LogP contribution in [0, 0.1) is 0 Å². The molecule has 11 heteroatoms. The molecule has 7 nitrogen and oxygen atoms in total. The van der Waals surface area contributed by atoms with Gasteiger partial charge in [0.15, 0.2) is 5.60 Å². The maximum Gasteiger partial charge on any atom is 0.422 e. The summed E-state index contributed by atoms with van der Waals surface area (Å²) in [6.07, 6.45) is -2.54. The van der Waals surface area contributed by atoms with Gasteiger partial charge in [0.1, 0.15) is 18.1 Å². The molecule has 4 rings (SSSR count). The van der Waals surface area contributed by atoms with Crippen molar-refractivity contribution in [2.45, 2.75) is 31.2 Å². The predicted octanol–water partition coefficient (Wildman–Crippen LogP) is 5.83. The van der Waals surface area contributed by atoms with E-state index in [1.54, 1.807) is 18.2 Å². The number of hydrogen-bond donors (Lipinski definition) is 2. The minimum atomic E-state index is -5.04. The fraction of sp³-hybridized carbons (Fsp3) is 0.231. The Bertz CT molecular complexity index is 1460. The summed E-state index contributed by atoms with van der Waals surface area (Å²) in [5.41, 5.74) is -2.88. The second kappa shape index (κ2) is 9.95. The summed E-state index contributed by atoms with van der Waals surface area (Å²) in [4.78, 5) is 11.2. The molecule has 0 radical (unpaired) electrons. The number of rotatable bonds is 8. The topological polar surface area (TPSA) is 93.3 Å². The Morgan fingerprint density at radius 2 is 1.92 bits per heavy atom. The Labute approximate surface area is 214 Å². The molecule has 2 N–H and O–H groups in total. The molecule has 2 unspecified atom stereocenters. The number of carbonyl (C=O) groups is 1. The molecule has 0 aliphatic rings. The summed E-state index contributed by atoms with van der Waals surface area (Å²) in [6.45, 7) is 1.24. The van der Waals surface area contributed by atoms with Crippen molar-refractivity contribution >= 4 is 23.1 Å². The molecule has 37 heavy (non-hydrogen) atoms. The van der Waals surface area contributed by atoms with Crippen LogP contribution in [0.3, 0.4) is 0 Å². The Morgan fingerprint density at radius 3 is 2.57 bits per heavy atom. The maximum absolute atomic E-state index is 14.4. The molecule has 0 saturated heterocycles. The van der Waals surface area contributed by atoms with Crippen LogP contribution >= 0.6 is 11.6 Å². The average Bonchev–Trinajstić information content (AvgIpc) is 3.30. The quantitative estimate of drug-likeness (QED) is 0.295. The number of aromatic nitrogens is 2. The van der Waals surface area contributed by atoms with Crippen molar-refractivity contribution < 1.29 is 37.7 Å². The zero-order chi connectivity index (χ0) is 27.0. The van der Waals surface area contributed by atoms with Gasteiger partial charge in [-0.3, -0.25) is 0 Å². The number of carboxylic acids is 1. The zero-order valence-electron chi connectivity index (χ0n) is 19.7. The first kappa shape index (κ1) is 26.3. The fourth-order valence-electron chi connectivity index (χ4n) is 4.19. The molecule has 0 amide bonds. The van der Waals surface area contributed by atoms with Gasteiger partial charge >= 0.3 is 12.1 Å². The molecule has 2 atom stereocenters. The first-order chi connectivity index (χ1) is 17.5. The van der Waals surface area contributed by atoms with E-state index in [4.69, 9.17) is 26.2 Å². The number of fused-ring (bicyclic) bond motifs is 1. The van der Waals surface area contributed by atoms with Crippen molar-refractivity contribution in [3.05, 3.63) is 94.3 Å². The highest BCUT2D eigenvalue weighted by Crippen LogP contribution is 2.51. The third-order valence-electron chi connectivity index (χ3n) is 6.26. The summed E-state index contributed by atoms with van der Waals surface area (Å²) in [7, 11) is 1.39. The van der Waals surface area contributed by atoms with Crippen molar-refractivity contribution in [1.29, 1.82) is 0 Å². The van der Waals surface area contributed by atoms with Gasteiger partial charge in [-0.15, -0.1) is 0 Å². The van der Waals surface area contributed by atoms with Gasteiger partial charge in [-0.05, 0) is 42.0 Å². The smallest absolute Gasteiger partial charge is 0.422 e. The third kappa shape index (κ3) is 4.82. The van der Waals surface area contributed by atoms with Crippen molar-refractivity contribution in [1.82, 2.24) is 9.61 Å². The fourth-order valence-corrected chi connectivity index (χ4v) is 4.53. The van der Waals surface area contributed by atoms with Gasteiger partial charge in [0.25, 0.3) is 0 Å². The number of hydrogen-bond acceptors (Lipinski definition) is 5.